The number of hydrogen-bond acceptors (Lipinski definition) is 14. The van der Waals surface area contributed by atoms with Crippen molar-refractivity contribution in [3.8, 4) is 17.6 Å². The van der Waals surface area contributed by atoms with Crippen molar-refractivity contribution in [2.75, 3.05) is 40.4 Å². The van der Waals surface area contributed by atoms with E-state index in [1.54, 1.807) is 25.0 Å². The fourth-order valence-corrected chi connectivity index (χ4v) is 11.0. The lowest BCUT2D eigenvalue weighted by atomic mass is 9.66. The number of ketones is 1. The van der Waals surface area contributed by atoms with Crippen LogP contribution in [0.2, 0.25) is 0 Å². The molecule has 64 heavy (non-hydrogen) atoms. The van der Waals surface area contributed by atoms with Crippen LogP contribution in [0.4, 0.5) is 4.79 Å². The molecule has 2 bridgehead atoms. The standard InChI is InChI=1S/C49H68N4O10S/c1-11-39-49(8)43-32(4)40(50-23-24-53(43)47(57)63-49)30(2)28-48(7,22-15-19-36-20-21-37(64-36)29-51-59-26-16-25-58-35-17-13-12-14-18-35)44(33(5)41(54)34(6)45(56)61-39)62-46-42(55)38(52(9)10)27-31(3)60-46/h12-14,17-18,20-21,29-34,38-39,42-44,46,55H,11,16,22-28H2,1-10H3/b51-29-/t30-,31-,32-,33+,34-,38+,39+,42-,43-,44-,46?,48+,49-/m1/s1. The van der Waals surface area contributed by atoms with E-state index in [1.165, 1.54) is 11.3 Å². The Hall–Kier alpha value is -4.33. The minimum absolute atomic E-state index is 0.168. The van der Waals surface area contributed by atoms with Crippen molar-refractivity contribution >= 4 is 41.1 Å². The van der Waals surface area contributed by atoms with Crippen LogP contribution < -0.4 is 4.74 Å². The van der Waals surface area contributed by atoms with Crippen molar-refractivity contribution in [2.45, 2.75) is 136 Å². The molecule has 15 heteroatoms. The zero-order valence-corrected chi connectivity index (χ0v) is 40.0. The van der Waals surface area contributed by atoms with Gasteiger partial charge in [0.1, 0.15) is 30.5 Å². The smallest absolute Gasteiger partial charge is 0.410 e. The van der Waals surface area contributed by atoms with Crippen molar-refractivity contribution in [2.24, 2.45) is 39.2 Å². The van der Waals surface area contributed by atoms with E-state index in [-0.39, 0.29) is 36.2 Å². The number of aliphatic hydroxyl groups excluding tert-OH is 1. The summed E-state index contributed by atoms with van der Waals surface area (Å²) in [6.45, 7) is 16.9. The largest absolute Gasteiger partial charge is 0.493 e. The van der Waals surface area contributed by atoms with Crippen molar-refractivity contribution in [3.05, 3.63) is 52.2 Å². The predicted molar refractivity (Wildman–Crippen MR) is 245 cm³/mol. The summed E-state index contributed by atoms with van der Waals surface area (Å²) in [6.07, 6.45) is -0.381. The van der Waals surface area contributed by atoms with E-state index in [1.807, 2.05) is 82.2 Å². The van der Waals surface area contributed by atoms with Gasteiger partial charge in [0.2, 0.25) is 0 Å². The van der Waals surface area contributed by atoms with Gasteiger partial charge in [0.05, 0.1) is 42.5 Å². The number of cyclic esters (lactones) is 1. The molecule has 13 atom stereocenters. The summed E-state index contributed by atoms with van der Waals surface area (Å²) < 4.78 is 31.4. The maximum atomic E-state index is 14.7. The third kappa shape index (κ3) is 11.0. The quantitative estimate of drug-likeness (QED) is 0.0584. The van der Waals surface area contributed by atoms with Gasteiger partial charge in [-0.3, -0.25) is 19.5 Å². The van der Waals surface area contributed by atoms with Crippen molar-refractivity contribution in [3.63, 3.8) is 0 Å². The number of carbonyl (C=O) groups excluding carboxylic acids is 3. The number of aliphatic hydroxyl groups is 1. The van der Waals surface area contributed by atoms with Crippen molar-refractivity contribution < 1.29 is 48.0 Å². The van der Waals surface area contributed by atoms with E-state index < -0.39 is 65.6 Å². The number of benzene rings is 1. The first-order valence-corrected chi connectivity index (χ1v) is 23.6. The van der Waals surface area contributed by atoms with Crippen LogP contribution in [0.5, 0.6) is 5.75 Å². The number of rotatable bonds is 12. The number of esters is 1. The fourth-order valence-electron chi connectivity index (χ4n) is 10.3. The van der Waals surface area contributed by atoms with Crippen LogP contribution in [0.25, 0.3) is 0 Å². The zero-order chi connectivity index (χ0) is 46.3. The van der Waals surface area contributed by atoms with Gasteiger partial charge in [0.15, 0.2) is 17.7 Å². The molecule has 1 aromatic carbocycles. The molecule has 0 saturated carbocycles. The topological polar surface area (TPSA) is 158 Å². The average molecular weight is 905 g/mol. The Morgan fingerprint density at radius 2 is 1.80 bits per heavy atom. The first-order valence-electron chi connectivity index (χ1n) is 22.8. The third-order valence-corrected chi connectivity index (χ3v) is 14.4. The molecule has 1 N–H and O–H groups in total. The Balaban J connectivity index is 1.31. The summed E-state index contributed by atoms with van der Waals surface area (Å²) in [6, 6.07) is 12.8. The third-order valence-electron chi connectivity index (χ3n) is 13.5. The van der Waals surface area contributed by atoms with Gasteiger partial charge in [-0.2, -0.15) is 0 Å². The van der Waals surface area contributed by atoms with E-state index in [0.717, 1.165) is 21.2 Å². The minimum atomic E-state index is -1.19. The van der Waals surface area contributed by atoms with Crippen LogP contribution >= 0.6 is 11.3 Å². The fraction of sp³-hybridized carbons (Fsp3) is 0.653. The normalized spacial score (nSPS) is 34.9. The number of fused-ring (bicyclic) bond motifs is 1. The van der Waals surface area contributed by atoms with Crippen LogP contribution in [0.15, 0.2) is 52.6 Å². The molecular formula is C49H68N4O10S. The molecule has 2 aromatic rings. The molecular weight excluding hydrogens is 837 g/mol. The Labute approximate surface area is 383 Å². The number of thiophene rings is 1. The highest BCUT2D eigenvalue weighted by atomic mass is 32.1. The second-order valence-electron chi connectivity index (χ2n) is 18.7. The molecule has 1 unspecified atom stereocenters. The van der Waals surface area contributed by atoms with E-state index in [2.05, 4.69) is 37.8 Å². The van der Waals surface area contributed by atoms with Crippen molar-refractivity contribution in [1.82, 2.24) is 9.80 Å². The summed E-state index contributed by atoms with van der Waals surface area (Å²) >= 11 is 1.48. The molecule has 3 fully saturated rings. The average Bonchev–Trinajstić information content (AvgIpc) is 3.76. The van der Waals surface area contributed by atoms with Gasteiger partial charge in [-0.1, -0.05) is 69.8 Å². The molecule has 0 radical (unpaired) electrons. The Kier molecular flexibility index (Phi) is 16.4. The highest BCUT2D eigenvalue weighted by molar-refractivity contribution is 7.14. The molecule has 0 aliphatic carbocycles. The van der Waals surface area contributed by atoms with Gasteiger partial charge in [-0.05, 0) is 84.3 Å². The maximum absolute atomic E-state index is 14.7. The second kappa shape index (κ2) is 21.3. The van der Waals surface area contributed by atoms with Gasteiger partial charge >= 0.3 is 12.1 Å². The van der Waals surface area contributed by atoms with Gasteiger partial charge in [-0.15, -0.1) is 11.3 Å². The van der Waals surface area contributed by atoms with Crippen molar-refractivity contribution in [1.29, 1.82) is 0 Å². The van der Waals surface area contributed by atoms with E-state index >= 15 is 0 Å². The Bertz CT molecular complexity index is 2050. The molecule has 350 valence electrons. The summed E-state index contributed by atoms with van der Waals surface area (Å²) in [5.74, 6) is 4.08. The number of likely N-dealkylation sites (N-methyl/N-ethyl adjacent to an activating group) is 1. The Morgan fingerprint density at radius 1 is 1.05 bits per heavy atom. The van der Waals surface area contributed by atoms with Crippen LogP contribution in [0, 0.1) is 40.9 Å². The van der Waals surface area contributed by atoms with Crippen LogP contribution in [-0.4, -0.2) is 133 Å². The number of carbonyl (C=O) groups is 3. The summed E-state index contributed by atoms with van der Waals surface area (Å²) in [4.78, 5) is 58.3. The molecule has 4 aliphatic rings. The number of para-hydroxylation sites is 1. The number of hydrogen-bond donors (Lipinski definition) is 1. The monoisotopic (exact) mass is 904 g/mol. The van der Waals surface area contributed by atoms with E-state index in [9.17, 15) is 19.5 Å². The molecule has 5 heterocycles. The number of nitrogens with zero attached hydrogens (tertiary/aromatic N) is 4. The predicted octanol–water partition coefficient (Wildman–Crippen LogP) is 7.00. The van der Waals surface area contributed by atoms with E-state index in [4.69, 9.17) is 33.5 Å². The SMILES string of the molecule is CC[C@@H]1OC(=O)[C@H](C)C(=O)[C@H](C)[C@@H](OC2O[C@H](C)C[C@H](N(C)C)[C@H]2O)[C@@](C)(CC#Cc2ccc(/C=N\OCCCOc3ccccc3)s2)C[C@@H](C)C2=NCCN3C(=O)O[C@@]1(C)[C@H]3[C@@H]2C. The molecule has 6 rings (SSSR count). The molecule has 0 spiro atoms. The molecule has 1 aromatic heterocycles. The molecule has 3 saturated heterocycles. The van der Waals surface area contributed by atoms with Crippen LogP contribution in [0.3, 0.4) is 0 Å². The molecule has 1 amide bonds. The number of ether oxygens (including phenoxy) is 5. The first-order chi connectivity index (χ1) is 30.5. The summed E-state index contributed by atoms with van der Waals surface area (Å²) in [5, 5.41) is 15.9. The van der Waals surface area contributed by atoms with Crippen LogP contribution in [-0.2, 0) is 33.4 Å². The number of Topliss-reactive ketones (excluding diaryl/α,β-unsaturated/α-hetero) is 1. The van der Waals surface area contributed by atoms with Gasteiger partial charge < -0.3 is 38.5 Å². The molecule has 14 nitrogen and oxygen atoms in total. The highest BCUT2D eigenvalue weighted by Crippen LogP contribution is 2.46. The van der Waals surface area contributed by atoms with E-state index in [0.29, 0.717) is 52.0 Å². The number of aliphatic imine (C=N–C) groups is 1. The number of oxime groups is 1. The second-order valence-corrected chi connectivity index (χ2v) is 19.8. The lowest BCUT2D eigenvalue weighted by Crippen LogP contribution is -2.58. The lowest BCUT2D eigenvalue weighted by molar-refractivity contribution is -0.286. The van der Waals surface area contributed by atoms with Gasteiger partial charge in [0, 0.05) is 53.3 Å². The van der Waals surface area contributed by atoms with Gasteiger partial charge in [-0.25, -0.2) is 4.79 Å². The maximum Gasteiger partial charge on any atom is 0.410 e. The Morgan fingerprint density at radius 3 is 2.52 bits per heavy atom. The lowest BCUT2D eigenvalue weighted by Gasteiger charge is -2.47. The van der Waals surface area contributed by atoms with Crippen LogP contribution in [0.1, 0.15) is 97.2 Å². The summed E-state index contributed by atoms with van der Waals surface area (Å²) in [5.41, 5.74) is -1.14. The van der Waals surface area contributed by atoms with Gasteiger partial charge in [0.25, 0.3) is 0 Å². The molecule has 4 aliphatic heterocycles. The summed E-state index contributed by atoms with van der Waals surface area (Å²) in [7, 11) is 3.83. The highest BCUT2D eigenvalue weighted by Gasteiger charge is 2.60. The minimum Gasteiger partial charge on any atom is -0.493 e. The zero-order valence-electron chi connectivity index (χ0n) is 39.2. The first kappa shape index (κ1) is 49.1. The number of amides is 1.